The van der Waals surface area contributed by atoms with Crippen LogP contribution in [0.4, 0.5) is 4.39 Å². The van der Waals surface area contributed by atoms with Crippen LogP contribution < -0.4 is 5.32 Å². The van der Waals surface area contributed by atoms with Crippen molar-refractivity contribution >= 4 is 11.6 Å². The highest BCUT2D eigenvalue weighted by atomic mass is 35.5. The smallest absolute Gasteiger partial charge is 0.141 e. The molecule has 1 aromatic carbocycles. The summed E-state index contributed by atoms with van der Waals surface area (Å²) in [4.78, 5) is 4.42. The Balaban J connectivity index is 2.01. The molecule has 100 valence electrons. The van der Waals surface area contributed by atoms with Crippen molar-refractivity contribution in [2.24, 2.45) is 0 Å². The SMILES string of the molecule is Cc1cccc(CNC(C)c2ccc(F)c(Cl)c2)n1. The summed E-state index contributed by atoms with van der Waals surface area (Å²) >= 11 is 5.78. The number of aromatic nitrogens is 1. The van der Waals surface area contributed by atoms with Gasteiger partial charge < -0.3 is 5.32 Å². The molecule has 0 fully saturated rings. The number of hydrogen-bond donors (Lipinski definition) is 1. The molecule has 0 aliphatic rings. The maximum atomic E-state index is 13.1. The van der Waals surface area contributed by atoms with Crippen molar-refractivity contribution in [2.75, 3.05) is 0 Å². The molecule has 0 aliphatic carbocycles. The summed E-state index contributed by atoms with van der Waals surface area (Å²) in [6.45, 7) is 4.64. The van der Waals surface area contributed by atoms with Gasteiger partial charge in [-0.25, -0.2) is 4.39 Å². The van der Waals surface area contributed by atoms with Crippen molar-refractivity contribution in [2.45, 2.75) is 26.4 Å². The summed E-state index contributed by atoms with van der Waals surface area (Å²) in [7, 11) is 0. The van der Waals surface area contributed by atoms with E-state index in [1.807, 2.05) is 32.0 Å². The van der Waals surface area contributed by atoms with Crippen LogP contribution in [0.1, 0.15) is 29.9 Å². The Hall–Kier alpha value is -1.45. The van der Waals surface area contributed by atoms with Gasteiger partial charge in [0.2, 0.25) is 0 Å². The molecular weight excluding hydrogens is 263 g/mol. The highest BCUT2D eigenvalue weighted by Gasteiger charge is 2.08. The Morgan fingerprint density at radius 1 is 1.32 bits per heavy atom. The number of halogens is 2. The fraction of sp³-hybridized carbons (Fsp3) is 0.267. The van der Waals surface area contributed by atoms with Crippen LogP contribution in [-0.2, 0) is 6.54 Å². The summed E-state index contributed by atoms with van der Waals surface area (Å²) in [5.74, 6) is -0.391. The van der Waals surface area contributed by atoms with Gasteiger partial charge >= 0.3 is 0 Å². The lowest BCUT2D eigenvalue weighted by Crippen LogP contribution is -2.19. The predicted octanol–water partition coefficient (Wildman–Crippen LogP) is 4.03. The zero-order chi connectivity index (χ0) is 13.8. The van der Waals surface area contributed by atoms with Gasteiger partial charge in [0.25, 0.3) is 0 Å². The van der Waals surface area contributed by atoms with Crippen molar-refractivity contribution in [3.63, 3.8) is 0 Å². The molecule has 0 amide bonds. The van der Waals surface area contributed by atoms with E-state index in [4.69, 9.17) is 11.6 Å². The second kappa shape index (κ2) is 6.13. The molecule has 1 unspecified atom stereocenters. The molecule has 2 aromatic rings. The third-order valence-electron chi connectivity index (χ3n) is 2.98. The van der Waals surface area contributed by atoms with Gasteiger partial charge in [0, 0.05) is 18.3 Å². The normalized spacial score (nSPS) is 12.4. The van der Waals surface area contributed by atoms with E-state index in [2.05, 4.69) is 10.3 Å². The molecule has 0 saturated heterocycles. The molecule has 0 saturated carbocycles. The topological polar surface area (TPSA) is 24.9 Å². The van der Waals surface area contributed by atoms with E-state index >= 15 is 0 Å². The van der Waals surface area contributed by atoms with Crippen LogP contribution in [0.3, 0.4) is 0 Å². The van der Waals surface area contributed by atoms with Crippen LogP contribution in [-0.4, -0.2) is 4.98 Å². The Morgan fingerprint density at radius 2 is 2.11 bits per heavy atom. The quantitative estimate of drug-likeness (QED) is 0.913. The average molecular weight is 279 g/mol. The summed E-state index contributed by atoms with van der Waals surface area (Å²) in [5.41, 5.74) is 2.94. The molecule has 1 N–H and O–H groups in total. The number of benzene rings is 1. The molecule has 0 aliphatic heterocycles. The summed E-state index contributed by atoms with van der Waals surface area (Å²) in [6, 6.07) is 10.8. The number of aryl methyl sites for hydroxylation is 1. The van der Waals surface area contributed by atoms with Crippen LogP contribution in [0, 0.1) is 12.7 Å². The standard InChI is InChI=1S/C15H16ClFN2/c1-10-4-3-5-13(19-10)9-18-11(2)12-6-7-15(17)14(16)8-12/h3-8,11,18H,9H2,1-2H3. The van der Waals surface area contributed by atoms with E-state index in [0.717, 1.165) is 17.0 Å². The number of pyridine rings is 1. The van der Waals surface area contributed by atoms with Crippen LogP contribution in [0.5, 0.6) is 0 Å². The van der Waals surface area contributed by atoms with Gasteiger partial charge in [-0.2, -0.15) is 0 Å². The summed E-state index contributed by atoms with van der Waals surface area (Å²) < 4.78 is 13.1. The van der Waals surface area contributed by atoms with Gasteiger partial charge in [-0.3, -0.25) is 4.98 Å². The summed E-state index contributed by atoms with van der Waals surface area (Å²) in [5, 5.41) is 3.50. The van der Waals surface area contributed by atoms with Crippen molar-refractivity contribution in [1.29, 1.82) is 0 Å². The third kappa shape index (κ3) is 3.75. The minimum absolute atomic E-state index is 0.0837. The minimum atomic E-state index is -0.391. The van der Waals surface area contributed by atoms with Crippen LogP contribution >= 0.6 is 11.6 Å². The zero-order valence-corrected chi connectivity index (χ0v) is 11.7. The van der Waals surface area contributed by atoms with E-state index in [1.165, 1.54) is 6.07 Å². The predicted molar refractivity (Wildman–Crippen MR) is 75.6 cm³/mol. The first kappa shape index (κ1) is 14.0. The average Bonchev–Trinajstić information content (AvgIpc) is 2.39. The number of nitrogens with zero attached hydrogens (tertiary/aromatic N) is 1. The fourth-order valence-corrected chi connectivity index (χ4v) is 2.04. The fourth-order valence-electron chi connectivity index (χ4n) is 1.86. The monoisotopic (exact) mass is 278 g/mol. The van der Waals surface area contributed by atoms with E-state index < -0.39 is 5.82 Å². The van der Waals surface area contributed by atoms with Gasteiger partial charge in [-0.15, -0.1) is 0 Å². The molecule has 19 heavy (non-hydrogen) atoms. The molecule has 0 bridgehead atoms. The van der Waals surface area contributed by atoms with Crippen molar-refractivity contribution in [3.05, 3.63) is 64.2 Å². The van der Waals surface area contributed by atoms with Gasteiger partial charge in [0.15, 0.2) is 0 Å². The first-order chi connectivity index (χ1) is 9.06. The Bertz CT molecular complexity index is 572. The van der Waals surface area contributed by atoms with Gasteiger partial charge in [0.1, 0.15) is 5.82 Å². The maximum Gasteiger partial charge on any atom is 0.141 e. The first-order valence-electron chi connectivity index (χ1n) is 6.17. The third-order valence-corrected chi connectivity index (χ3v) is 3.27. The van der Waals surface area contributed by atoms with Crippen LogP contribution in [0.25, 0.3) is 0 Å². The number of hydrogen-bond acceptors (Lipinski definition) is 2. The first-order valence-corrected chi connectivity index (χ1v) is 6.55. The maximum absolute atomic E-state index is 13.1. The molecule has 2 nitrogen and oxygen atoms in total. The largest absolute Gasteiger partial charge is 0.305 e. The molecule has 1 atom stereocenters. The Kier molecular flexibility index (Phi) is 4.51. The Morgan fingerprint density at radius 3 is 2.79 bits per heavy atom. The lowest BCUT2D eigenvalue weighted by Gasteiger charge is -2.14. The highest BCUT2D eigenvalue weighted by Crippen LogP contribution is 2.20. The van der Waals surface area contributed by atoms with Crippen molar-refractivity contribution in [1.82, 2.24) is 10.3 Å². The van der Waals surface area contributed by atoms with E-state index in [-0.39, 0.29) is 11.1 Å². The molecule has 1 heterocycles. The minimum Gasteiger partial charge on any atom is -0.305 e. The Labute approximate surface area is 117 Å². The van der Waals surface area contributed by atoms with Crippen LogP contribution in [0.15, 0.2) is 36.4 Å². The lowest BCUT2D eigenvalue weighted by molar-refractivity contribution is 0.564. The van der Waals surface area contributed by atoms with Crippen molar-refractivity contribution < 1.29 is 4.39 Å². The summed E-state index contributed by atoms with van der Waals surface area (Å²) in [6.07, 6.45) is 0. The van der Waals surface area contributed by atoms with E-state index in [0.29, 0.717) is 6.54 Å². The highest BCUT2D eigenvalue weighted by molar-refractivity contribution is 6.30. The molecular formula is C15H16ClFN2. The number of rotatable bonds is 4. The van der Waals surface area contributed by atoms with Gasteiger partial charge in [-0.1, -0.05) is 23.7 Å². The van der Waals surface area contributed by atoms with Gasteiger partial charge in [-0.05, 0) is 43.7 Å². The van der Waals surface area contributed by atoms with Crippen molar-refractivity contribution in [3.8, 4) is 0 Å². The zero-order valence-electron chi connectivity index (χ0n) is 11.0. The molecule has 0 spiro atoms. The molecule has 2 rings (SSSR count). The molecule has 1 aromatic heterocycles. The second-order valence-corrected chi connectivity index (χ2v) is 4.95. The van der Waals surface area contributed by atoms with Gasteiger partial charge in [0.05, 0.1) is 10.7 Å². The second-order valence-electron chi connectivity index (χ2n) is 4.55. The number of nitrogens with one attached hydrogen (secondary N) is 1. The molecule has 0 radical (unpaired) electrons. The van der Waals surface area contributed by atoms with E-state index in [1.54, 1.807) is 12.1 Å². The molecule has 4 heteroatoms. The van der Waals surface area contributed by atoms with E-state index in [9.17, 15) is 4.39 Å². The van der Waals surface area contributed by atoms with Crippen LogP contribution in [0.2, 0.25) is 5.02 Å². The lowest BCUT2D eigenvalue weighted by atomic mass is 10.1.